The first-order valence-corrected chi connectivity index (χ1v) is 6.27. The number of nitrogens with zero attached hydrogens (tertiary/aromatic N) is 1. The molecule has 1 aliphatic heterocycles. The van der Waals surface area contributed by atoms with Gasteiger partial charge in [0.25, 0.3) is 5.91 Å². The van der Waals surface area contributed by atoms with Crippen molar-refractivity contribution in [2.24, 2.45) is 0 Å². The number of carbonyl (C=O) groups is 1. The molecule has 2 aromatic carbocycles. The lowest BCUT2D eigenvalue weighted by atomic mass is 10.1. The summed E-state index contributed by atoms with van der Waals surface area (Å²) in [6.45, 7) is 1.17. The van der Waals surface area contributed by atoms with Crippen LogP contribution in [0.4, 0.5) is 5.69 Å². The molecule has 0 unspecified atom stereocenters. The molecule has 0 fully saturated rings. The van der Waals surface area contributed by atoms with Gasteiger partial charge < -0.3 is 10.1 Å². The maximum atomic E-state index is 12.2. The minimum Gasteiger partial charge on any atom is -0.372 e. The Bertz CT molecular complexity index is 717. The molecule has 0 bridgehead atoms. The maximum Gasteiger partial charge on any atom is 0.255 e. The molecule has 3 rings (SSSR count). The number of amides is 1. The molecule has 0 saturated carbocycles. The molecule has 20 heavy (non-hydrogen) atoms. The Labute approximate surface area is 116 Å². The van der Waals surface area contributed by atoms with Gasteiger partial charge >= 0.3 is 0 Å². The molecule has 0 atom stereocenters. The topological polar surface area (TPSA) is 62.1 Å². The van der Waals surface area contributed by atoms with Gasteiger partial charge in [0, 0.05) is 11.3 Å². The van der Waals surface area contributed by atoms with Crippen LogP contribution in [0.3, 0.4) is 0 Å². The van der Waals surface area contributed by atoms with Crippen LogP contribution in [-0.4, -0.2) is 5.91 Å². The number of anilines is 1. The monoisotopic (exact) mass is 264 g/mol. The van der Waals surface area contributed by atoms with Gasteiger partial charge in [0.15, 0.2) is 0 Å². The largest absolute Gasteiger partial charge is 0.372 e. The molecular formula is C16H12N2O2. The molecular weight excluding hydrogens is 252 g/mol. The number of hydrogen-bond donors (Lipinski definition) is 1. The second-order valence-electron chi connectivity index (χ2n) is 4.62. The van der Waals surface area contributed by atoms with Gasteiger partial charge in [0.1, 0.15) is 0 Å². The number of nitriles is 1. The van der Waals surface area contributed by atoms with E-state index in [1.165, 1.54) is 0 Å². The average Bonchev–Trinajstić information content (AvgIpc) is 2.94. The number of benzene rings is 2. The lowest BCUT2D eigenvalue weighted by Gasteiger charge is -2.06. The Morgan fingerprint density at radius 2 is 2.00 bits per heavy atom. The molecule has 1 amide bonds. The molecule has 0 aromatic heterocycles. The van der Waals surface area contributed by atoms with Crippen LogP contribution in [0.25, 0.3) is 0 Å². The fourth-order valence-corrected chi connectivity index (χ4v) is 2.18. The highest BCUT2D eigenvalue weighted by atomic mass is 16.5. The van der Waals surface area contributed by atoms with Crippen molar-refractivity contribution < 1.29 is 9.53 Å². The minimum absolute atomic E-state index is 0.185. The number of hydrogen-bond acceptors (Lipinski definition) is 3. The van der Waals surface area contributed by atoms with Crippen molar-refractivity contribution in [1.29, 1.82) is 5.26 Å². The molecule has 1 aliphatic rings. The van der Waals surface area contributed by atoms with Crippen LogP contribution in [0, 0.1) is 11.3 Å². The fraction of sp³-hybridized carbons (Fsp3) is 0.125. The zero-order chi connectivity index (χ0) is 13.9. The normalized spacial score (nSPS) is 12.6. The van der Waals surface area contributed by atoms with E-state index in [0.717, 1.165) is 11.1 Å². The number of ether oxygens (including phenoxy) is 1. The molecule has 0 saturated heterocycles. The van der Waals surface area contributed by atoms with Crippen molar-refractivity contribution in [3.05, 3.63) is 64.7 Å². The van der Waals surface area contributed by atoms with Gasteiger partial charge in [-0.1, -0.05) is 12.1 Å². The Morgan fingerprint density at radius 1 is 1.15 bits per heavy atom. The summed E-state index contributed by atoms with van der Waals surface area (Å²) in [5, 5.41) is 11.6. The first kappa shape index (κ1) is 12.4. The molecule has 98 valence electrons. The van der Waals surface area contributed by atoms with Crippen molar-refractivity contribution >= 4 is 11.6 Å². The van der Waals surface area contributed by atoms with Crippen LogP contribution in [0.1, 0.15) is 27.0 Å². The first-order chi connectivity index (χ1) is 9.76. The Kier molecular flexibility index (Phi) is 3.20. The molecule has 0 spiro atoms. The standard InChI is InChI=1S/C16H12N2O2/c17-8-11-2-1-3-15(6-11)18-16(19)12-4-5-13-9-20-10-14(13)7-12/h1-7H,9-10H2,(H,18,19). The van der Waals surface area contributed by atoms with Gasteiger partial charge in [0.2, 0.25) is 0 Å². The Balaban J connectivity index is 1.81. The number of carbonyl (C=O) groups excluding carboxylic acids is 1. The summed E-state index contributed by atoms with van der Waals surface area (Å²) in [5.41, 5.74) is 3.92. The molecule has 4 nitrogen and oxygen atoms in total. The predicted molar refractivity (Wildman–Crippen MR) is 74.0 cm³/mol. The highest BCUT2D eigenvalue weighted by Gasteiger charge is 2.14. The summed E-state index contributed by atoms with van der Waals surface area (Å²) >= 11 is 0. The molecule has 1 heterocycles. The third-order valence-corrected chi connectivity index (χ3v) is 3.23. The average molecular weight is 264 g/mol. The smallest absolute Gasteiger partial charge is 0.255 e. The molecule has 0 aliphatic carbocycles. The molecule has 4 heteroatoms. The van der Waals surface area contributed by atoms with Crippen molar-refractivity contribution in [2.45, 2.75) is 13.2 Å². The fourth-order valence-electron chi connectivity index (χ4n) is 2.18. The van der Waals surface area contributed by atoms with E-state index in [0.29, 0.717) is 30.0 Å². The maximum absolute atomic E-state index is 12.2. The van der Waals surface area contributed by atoms with E-state index in [1.807, 2.05) is 18.2 Å². The van der Waals surface area contributed by atoms with Crippen molar-refractivity contribution in [2.75, 3.05) is 5.32 Å². The van der Waals surface area contributed by atoms with Crippen molar-refractivity contribution in [1.82, 2.24) is 0 Å². The number of fused-ring (bicyclic) bond motifs is 1. The van der Waals surface area contributed by atoms with E-state index in [2.05, 4.69) is 5.32 Å². The zero-order valence-corrected chi connectivity index (χ0v) is 10.7. The Hall–Kier alpha value is -2.64. The Morgan fingerprint density at radius 3 is 2.85 bits per heavy atom. The van der Waals surface area contributed by atoms with E-state index in [1.54, 1.807) is 30.3 Å². The van der Waals surface area contributed by atoms with Gasteiger partial charge in [0.05, 0.1) is 24.8 Å². The van der Waals surface area contributed by atoms with Crippen LogP contribution in [0.5, 0.6) is 0 Å². The number of rotatable bonds is 2. The van der Waals surface area contributed by atoms with E-state index in [4.69, 9.17) is 10.00 Å². The van der Waals surface area contributed by atoms with Crippen LogP contribution < -0.4 is 5.32 Å². The van der Waals surface area contributed by atoms with E-state index in [9.17, 15) is 4.79 Å². The summed E-state index contributed by atoms with van der Waals surface area (Å²) in [6.07, 6.45) is 0. The summed E-state index contributed by atoms with van der Waals surface area (Å²) in [5.74, 6) is -0.185. The lowest BCUT2D eigenvalue weighted by molar-refractivity contribution is 0.102. The minimum atomic E-state index is -0.185. The van der Waals surface area contributed by atoms with Gasteiger partial charge in [-0.2, -0.15) is 5.26 Å². The highest BCUT2D eigenvalue weighted by Crippen LogP contribution is 2.21. The van der Waals surface area contributed by atoms with E-state index >= 15 is 0 Å². The van der Waals surface area contributed by atoms with E-state index < -0.39 is 0 Å². The predicted octanol–water partition coefficient (Wildman–Crippen LogP) is 2.84. The molecule has 1 N–H and O–H groups in total. The first-order valence-electron chi connectivity index (χ1n) is 6.27. The second-order valence-corrected chi connectivity index (χ2v) is 4.62. The van der Waals surface area contributed by atoms with Crippen LogP contribution in [0.2, 0.25) is 0 Å². The lowest BCUT2D eigenvalue weighted by Crippen LogP contribution is -2.12. The summed E-state index contributed by atoms with van der Waals surface area (Å²) < 4.78 is 5.33. The molecule has 2 aromatic rings. The summed E-state index contributed by atoms with van der Waals surface area (Å²) in [4.78, 5) is 12.2. The summed E-state index contributed by atoms with van der Waals surface area (Å²) in [6, 6.07) is 14.5. The zero-order valence-electron chi connectivity index (χ0n) is 10.7. The molecule has 0 radical (unpaired) electrons. The SMILES string of the molecule is N#Cc1cccc(NC(=O)c2ccc3c(c2)COC3)c1. The van der Waals surface area contributed by atoms with Gasteiger partial charge in [-0.15, -0.1) is 0 Å². The highest BCUT2D eigenvalue weighted by molar-refractivity contribution is 6.04. The third-order valence-electron chi connectivity index (χ3n) is 3.23. The quantitative estimate of drug-likeness (QED) is 0.907. The van der Waals surface area contributed by atoms with Crippen molar-refractivity contribution in [3.8, 4) is 6.07 Å². The van der Waals surface area contributed by atoms with Crippen LogP contribution in [0.15, 0.2) is 42.5 Å². The summed E-state index contributed by atoms with van der Waals surface area (Å²) in [7, 11) is 0. The van der Waals surface area contributed by atoms with Gasteiger partial charge in [-0.3, -0.25) is 4.79 Å². The van der Waals surface area contributed by atoms with Gasteiger partial charge in [-0.25, -0.2) is 0 Å². The van der Waals surface area contributed by atoms with E-state index in [-0.39, 0.29) is 5.91 Å². The third kappa shape index (κ3) is 2.40. The van der Waals surface area contributed by atoms with Crippen LogP contribution in [-0.2, 0) is 18.0 Å². The number of nitrogens with one attached hydrogen (secondary N) is 1. The van der Waals surface area contributed by atoms with Crippen LogP contribution >= 0.6 is 0 Å². The van der Waals surface area contributed by atoms with Crippen molar-refractivity contribution in [3.63, 3.8) is 0 Å². The second kappa shape index (κ2) is 5.16. The van der Waals surface area contributed by atoms with Gasteiger partial charge in [-0.05, 0) is 41.5 Å².